The predicted molar refractivity (Wildman–Crippen MR) is 81.7 cm³/mol. The van der Waals surface area contributed by atoms with Gasteiger partial charge in [0.05, 0.1) is 12.5 Å². The van der Waals surface area contributed by atoms with Gasteiger partial charge in [0.15, 0.2) is 13.5 Å². The Hall–Kier alpha value is 0.0795. The number of hydrogen-bond acceptors (Lipinski definition) is 4. The second-order valence-electron chi connectivity index (χ2n) is 1.92. The minimum Gasteiger partial charge on any atom is -0.482 e. The van der Waals surface area contributed by atoms with Crippen LogP contribution in [0.1, 0.15) is 0 Å². The van der Waals surface area contributed by atoms with E-state index in [1.54, 1.807) is 0 Å². The third-order valence-electron chi connectivity index (χ3n) is 0.849. The zero-order chi connectivity index (χ0) is 12.8. The molecule has 0 unspecified atom stereocenters. The molecule has 4 nitrogen and oxygen atoms in total. The van der Waals surface area contributed by atoms with Crippen LogP contribution in [0.4, 0.5) is 0 Å². The molecule has 0 aliphatic rings. The van der Waals surface area contributed by atoms with Crippen molar-refractivity contribution >= 4 is 58.3 Å². The summed E-state index contributed by atoms with van der Waals surface area (Å²) in [6.45, 7) is 7.33. The molecule has 1 radical (unpaired) electrons. The molecule has 0 atom stereocenters. The minimum absolute atomic E-state index is 0. The molecule has 0 amide bonds. The van der Waals surface area contributed by atoms with Gasteiger partial charge in [0, 0.05) is 17.1 Å². The number of thiol groups is 2. The smallest absolute Gasteiger partial charge is 0.159 e. The fraction of sp³-hybridized carbons (Fsp3) is 0.250. The first-order chi connectivity index (χ1) is 7.54. The maximum Gasteiger partial charge on any atom is 0.159 e. The molecule has 0 aliphatic heterocycles. The summed E-state index contributed by atoms with van der Waals surface area (Å²) >= 11 is 16.6. The molecule has 0 rings (SSSR count). The van der Waals surface area contributed by atoms with Gasteiger partial charge in [-0.15, -0.1) is 25.3 Å². The zero-order valence-corrected chi connectivity index (χ0v) is 13.2. The summed E-state index contributed by atoms with van der Waals surface area (Å²) in [7, 11) is 0. The monoisotopic (exact) mass is 361 g/mol. The third kappa shape index (κ3) is 31.4. The van der Waals surface area contributed by atoms with Gasteiger partial charge in [-0.05, 0) is 0 Å². The van der Waals surface area contributed by atoms with E-state index in [1.165, 1.54) is 12.5 Å². The second-order valence-corrected chi connectivity index (χ2v) is 4.24. The molecule has 0 spiro atoms. The molecule has 0 aromatic rings. The van der Waals surface area contributed by atoms with Gasteiger partial charge < -0.3 is 20.1 Å². The van der Waals surface area contributed by atoms with Gasteiger partial charge in [-0.2, -0.15) is 0 Å². The third-order valence-corrected chi connectivity index (χ3v) is 1.45. The van der Waals surface area contributed by atoms with Crippen LogP contribution in [0.5, 0.6) is 0 Å². The Morgan fingerprint density at radius 1 is 1.00 bits per heavy atom. The Morgan fingerprint density at radius 3 is 1.47 bits per heavy atom. The summed E-state index contributed by atoms with van der Waals surface area (Å²) in [5, 5.41) is 5.30. The van der Waals surface area contributed by atoms with E-state index in [1.807, 2.05) is 0 Å². The molecule has 2 N–H and O–H groups in total. The fourth-order valence-electron chi connectivity index (χ4n) is 0.325. The topological polar surface area (TPSA) is 42.5 Å². The van der Waals surface area contributed by atoms with Crippen LogP contribution in [0, 0.1) is 0 Å². The van der Waals surface area contributed by atoms with Gasteiger partial charge in [-0.3, -0.25) is 0 Å². The van der Waals surface area contributed by atoms with Gasteiger partial charge >= 0.3 is 0 Å². The molecule has 0 aromatic carbocycles. The molecule has 17 heavy (non-hydrogen) atoms. The molecule has 0 saturated carbocycles. The average molecular weight is 362 g/mol. The van der Waals surface area contributed by atoms with Crippen LogP contribution in [0.25, 0.3) is 0 Å². The van der Waals surface area contributed by atoms with Crippen molar-refractivity contribution in [3.05, 3.63) is 25.7 Å². The molecule has 0 aliphatic carbocycles. The van der Waals surface area contributed by atoms with Crippen LogP contribution in [0.15, 0.2) is 25.7 Å². The molecule has 0 bridgehead atoms. The van der Waals surface area contributed by atoms with Crippen molar-refractivity contribution < 1.29 is 26.5 Å². The van der Waals surface area contributed by atoms with Crippen LogP contribution in [0.2, 0.25) is 0 Å². The van der Waals surface area contributed by atoms with Crippen LogP contribution < -0.4 is 10.6 Å². The maximum absolute atomic E-state index is 4.66. The van der Waals surface area contributed by atoms with Gasteiger partial charge in [0.2, 0.25) is 0 Å². The van der Waals surface area contributed by atoms with Gasteiger partial charge in [0.1, 0.15) is 8.64 Å². The van der Waals surface area contributed by atoms with Crippen molar-refractivity contribution in [3.63, 3.8) is 0 Å². The van der Waals surface area contributed by atoms with E-state index in [-0.39, 0.29) is 17.1 Å². The van der Waals surface area contributed by atoms with Crippen LogP contribution in [-0.4, -0.2) is 22.1 Å². The fourth-order valence-corrected chi connectivity index (χ4v) is 0.572. The molecular formula is C8H14CuN2O2S4. The Labute approximate surface area is 134 Å². The van der Waals surface area contributed by atoms with Crippen molar-refractivity contribution in [3.8, 4) is 0 Å². The van der Waals surface area contributed by atoms with E-state index in [9.17, 15) is 0 Å². The van der Waals surface area contributed by atoms with Crippen molar-refractivity contribution in [1.82, 2.24) is 10.6 Å². The summed E-state index contributed by atoms with van der Waals surface area (Å²) < 4.78 is 10.2. The molecule has 0 fully saturated rings. The molecule has 0 heterocycles. The van der Waals surface area contributed by atoms with Crippen molar-refractivity contribution in [1.29, 1.82) is 0 Å². The first-order valence-corrected chi connectivity index (χ1v) is 5.64. The minimum atomic E-state index is 0. The zero-order valence-electron chi connectivity index (χ0n) is 8.81. The van der Waals surface area contributed by atoms with Gasteiger partial charge in [0.25, 0.3) is 0 Å². The van der Waals surface area contributed by atoms with Crippen molar-refractivity contribution in [2.24, 2.45) is 0 Å². The van der Waals surface area contributed by atoms with E-state index < -0.39 is 0 Å². The van der Waals surface area contributed by atoms with Gasteiger partial charge in [-0.1, -0.05) is 37.6 Å². The van der Waals surface area contributed by atoms with Gasteiger partial charge in [-0.25, -0.2) is 0 Å². The summed E-state index contributed by atoms with van der Waals surface area (Å²) in [5.41, 5.74) is 0. The van der Waals surface area contributed by atoms with Crippen LogP contribution >= 0.6 is 49.7 Å². The Bertz CT molecular complexity index is 218. The largest absolute Gasteiger partial charge is 0.482 e. The Balaban J connectivity index is -0.000000218. The summed E-state index contributed by atoms with van der Waals surface area (Å²) in [6.07, 6.45) is 2.66. The van der Waals surface area contributed by atoms with E-state index in [0.29, 0.717) is 22.1 Å². The SMILES string of the molecule is C=COCNC(=S)S.C=COCNC(=S)S.[Cu]. The second kappa shape index (κ2) is 18.4. The van der Waals surface area contributed by atoms with E-state index in [4.69, 9.17) is 0 Å². The summed E-state index contributed by atoms with van der Waals surface area (Å²) in [4.78, 5) is 0. The van der Waals surface area contributed by atoms with Crippen molar-refractivity contribution in [2.45, 2.75) is 0 Å². The van der Waals surface area contributed by atoms with E-state index in [0.717, 1.165) is 0 Å². The van der Waals surface area contributed by atoms with Crippen LogP contribution in [-0.2, 0) is 26.5 Å². The molecular weight excluding hydrogens is 348 g/mol. The number of ether oxygens (including phenoxy) is 2. The Morgan fingerprint density at radius 2 is 1.29 bits per heavy atom. The quantitative estimate of drug-likeness (QED) is 0.144. The van der Waals surface area contributed by atoms with E-state index in [2.05, 4.69) is 83.0 Å². The molecule has 103 valence electrons. The number of hydrogen-bond donors (Lipinski definition) is 4. The molecule has 0 aromatic heterocycles. The Kier molecular flexibility index (Phi) is 24.2. The number of rotatable bonds is 6. The standard InChI is InChI=1S/2C4H7NOS2.Cu/c2*1-2-6-3-5-4(7)8;/h2*2H,1,3H2,(H2,5,7,8);. The number of nitrogens with one attached hydrogen (secondary N) is 2. The number of thiocarbonyl (C=S) groups is 2. The predicted octanol–water partition coefficient (Wildman–Crippen LogP) is 1.81. The summed E-state index contributed by atoms with van der Waals surface area (Å²) in [5.74, 6) is 0. The summed E-state index contributed by atoms with van der Waals surface area (Å²) in [6, 6.07) is 0. The first-order valence-electron chi connectivity index (χ1n) is 3.93. The molecule has 9 heteroatoms. The first kappa shape index (κ1) is 22.3. The van der Waals surface area contributed by atoms with Crippen molar-refractivity contribution in [2.75, 3.05) is 13.5 Å². The average Bonchev–Trinajstić information content (AvgIpc) is 2.18. The maximum atomic E-state index is 4.66. The molecule has 0 saturated heterocycles. The van der Waals surface area contributed by atoms with Crippen LogP contribution in [0.3, 0.4) is 0 Å². The van der Waals surface area contributed by atoms with E-state index >= 15 is 0 Å². The normalized spacial score (nSPS) is 7.18.